The summed E-state index contributed by atoms with van der Waals surface area (Å²) in [5.74, 6) is 0. The Hall–Kier alpha value is -0.280. The fraction of sp³-hybridized carbons (Fsp3) is 1.00. The highest BCUT2D eigenvalue weighted by molar-refractivity contribution is 4.45. The van der Waals surface area contributed by atoms with Crippen molar-refractivity contribution >= 4 is 0 Å². The molecule has 0 unspecified atom stereocenters. The van der Waals surface area contributed by atoms with E-state index in [1.165, 1.54) is 12.8 Å². The predicted molar refractivity (Wildman–Crippen MR) is 95.8 cm³/mol. The van der Waals surface area contributed by atoms with Gasteiger partial charge < -0.3 is 34.3 Å². The molecule has 0 aliphatic heterocycles. The molecule has 0 aliphatic rings. The highest BCUT2D eigenvalue weighted by Gasteiger charge is 1.93. The quantitative estimate of drug-likeness (QED) is 0.295. The predicted octanol–water partition coefficient (Wildman–Crippen LogP) is 0.679. The van der Waals surface area contributed by atoms with Crippen LogP contribution < -0.4 is 10.6 Å². The Balaban J connectivity index is 2.93. The summed E-state index contributed by atoms with van der Waals surface area (Å²) in [5.41, 5.74) is 0. The minimum absolute atomic E-state index is 0.583. The Morgan fingerprint density at radius 3 is 1.38 bits per heavy atom. The van der Waals surface area contributed by atoms with Crippen LogP contribution in [0, 0.1) is 0 Å². The first-order valence-electron chi connectivity index (χ1n) is 9.15. The summed E-state index contributed by atoms with van der Waals surface area (Å²) in [6, 6.07) is 0. The van der Waals surface area contributed by atoms with E-state index in [9.17, 15) is 0 Å². The van der Waals surface area contributed by atoms with Crippen LogP contribution >= 0.6 is 0 Å². The minimum Gasteiger partial charge on any atom is -0.378 e. The Kier molecular flexibility index (Phi) is 22.5. The maximum Gasteiger partial charge on any atom is 0.0701 e. The molecule has 0 bridgehead atoms. The fourth-order valence-corrected chi connectivity index (χ4v) is 1.73. The van der Waals surface area contributed by atoms with Crippen LogP contribution in [0.2, 0.25) is 0 Å². The van der Waals surface area contributed by atoms with Gasteiger partial charge in [-0.1, -0.05) is 13.3 Å². The molecule has 0 amide bonds. The van der Waals surface area contributed by atoms with Crippen LogP contribution in [0.15, 0.2) is 0 Å². The molecule has 0 aromatic rings. The monoisotopic (exact) mass is 350 g/mol. The highest BCUT2D eigenvalue weighted by atomic mass is 16.6. The molecule has 0 aromatic heterocycles. The molecular weight excluding hydrogens is 312 g/mol. The van der Waals surface area contributed by atoms with Crippen molar-refractivity contribution in [2.45, 2.75) is 19.8 Å². The Morgan fingerprint density at radius 2 is 0.958 bits per heavy atom. The molecule has 0 saturated carbocycles. The number of rotatable bonds is 21. The van der Waals surface area contributed by atoms with E-state index in [1.807, 2.05) is 7.05 Å². The van der Waals surface area contributed by atoms with Crippen LogP contribution in [0.1, 0.15) is 19.8 Å². The first kappa shape index (κ1) is 23.7. The van der Waals surface area contributed by atoms with E-state index in [2.05, 4.69) is 17.6 Å². The van der Waals surface area contributed by atoms with Crippen molar-refractivity contribution in [1.82, 2.24) is 10.6 Å². The summed E-state index contributed by atoms with van der Waals surface area (Å²) in [6.07, 6.45) is 2.44. The van der Waals surface area contributed by atoms with Crippen molar-refractivity contribution in [3.63, 3.8) is 0 Å². The lowest BCUT2D eigenvalue weighted by Crippen LogP contribution is -2.21. The zero-order chi connectivity index (χ0) is 17.6. The maximum atomic E-state index is 5.46. The van der Waals surface area contributed by atoms with Crippen molar-refractivity contribution in [2.24, 2.45) is 0 Å². The number of ether oxygens (including phenoxy) is 5. The zero-order valence-corrected chi connectivity index (χ0v) is 15.6. The minimum atomic E-state index is 0.583. The smallest absolute Gasteiger partial charge is 0.0701 e. The molecule has 0 radical (unpaired) electrons. The summed E-state index contributed by atoms with van der Waals surface area (Å²) in [6.45, 7) is 11.3. The molecular formula is C17H38N2O5. The van der Waals surface area contributed by atoms with Crippen molar-refractivity contribution in [2.75, 3.05) is 92.8 Å². The van der Waals surface area contributed by atoms with Crippen LogP contribution in [-0.2, 0) is 23.7 Å². The van der Waals surface area contributed by atoms with Crippen LogP contribution in [0.4, 0.5) is 0 Å². The topological polar surface area (TPSA) is 70.2 Å². The van der Waals surface area contributed by atoms with Crippen molar-refractivity contribution in [3.8, 4) is 0 Å². The lowest BCUT2D eigenvalue weighted by molar-refractivity contribution is -0.0105. The van der Waals surface area contributed by atoms with Gasteiger partial charge in [-0.3, -0.25) is 0 Å². The molecule has 0 aromatic carbocycles. The Morgan fingerprint density at radius 1 is 0.542 bits per heavy atom. The molecule has 24 heavy (non-hydrogen) atoms. The largest absolute Gasteiger partial charge is 0.378 e. The molecule has 146 valence electrons. The number of nitrogens with one attached hydrogen (secondary N) is 2. The summed E-state index contributed by atoms with van der Waals surface area (Å²) in [5, 5.41) is 6.35. The van der Waals surface area contributed by atoms with E-state index in [1.54, 1.807) is 0 Å². The molecule has 0 spiro atoms. The van der Waals surface area contributed by atoms with Crippen molar-refractivity contribution in [3.05, 3.63) is 0 Å². The standard InChI is InChI=1S/C17H38N2O5/c1-3-4-5-19-7-9-21-11-13-23-15-17-24-16-14-22-12-10-20-8-6-18-2/h18-19H,3-17H2,1-2H3. The first-order chi connectivity index (χ1) is 11.9. The molecule has 0 heterocycles. The van der Waals surface area contributed by atoms with Gasteiger partial charge >= 0.3 is 0 Å². The SMILES string of the molecule is CCCCNCCOCCOCCOCCOCCOCCNC. The molecule has 0 rings (SSSR count). The number of unbranched alkanes of at least 4 members (excludes halogenated alkanes) is 1. The molecule has 0 fully saturated rings. The second-order valence-corrected chi connectivity index (χ2v) is 5.27. The molecule has 7 heteroatoms. The van der Waals surface area contributed by atoms with Gasteiger partial charge in [-0.2, -0.15) is 0 Å². The van der Waals surface area contributed by atoms with E-state index < -0.39 is 0 Å². The van der Waals surface area contributed by atoms with E-state index >= 15 is 0 Å². The Bertz CT molecular complexity index is 201. The van der Waals surface area contributed by atoms with E-state index in [0.29, 0.717) is 59.5 Å². The lowest BCUT2D eigenvalue weighted by Gasteiger charge is -2.08. The maximum absolute atomic E-state index is 5.46. The van der Waals surface area contributed by atoms with Crippen molar-refractivity contribution < 1.29 is 23.7 Å². The first-order valence-corrected chi connectivity index (χ1v) is 9.15. The van der Waals surface area contributed by atoms with Gasteiger partial charge in [-0.25, -0.2) is 0 Å². The zero-order valence-electron chi connectivity index (χ0n) is 15.6. The summed E-state index contributed by atoms with van der Waals surface area (Å²) in [7, 11) is 1.90. The summed E-state index contributed by atoms with van der Waals surface area (Å²) in [4.78, 5) is 0. The average molecular weight is 351 g/mol. The molecule has 0 aliphatic carbocycles. The number of hydrogen-bond acceptors (Lipinski definition) is 7. The third-order valence-electron chi connectivity index (χ3n) is 3.11. The molecule has 0 atom stereocenters. The molecule has 7 nitrogen and oxygen atoms in total. The third kappa shape index (κ3) is 21.7. The average Bonchev–Trinajstić information content (AvgIpc) is 2.60. The second-order valence-electron chi connectivity index (χ2n) is 5.27. The molecule has 2 N–H and O–H groups in total. The van der Waals surface area contributed by atoms with Gasteiger partial charge in [0.25, 0.3) is 0 Å². The molecule has 0 saturated heterocycles. The number of hydrogen-bond donors (Lipinski definition) is 2. The summed E-state index contributed by atoms with van der Waals surface area (Å²) < 4.78 is 27.0. The normalized spacial score (nSPS) is 11.2. The van der Waals surface area contributed by atoms with Crippen molar-refractivity contribution in [1.29, 1.82) is 0 Å². The second kappa shape index (κ2) is 22.7. The van der Waals surface area contributed by atoms with Gasteiger partial charge in [0.15, 0.2) is 0 Å². The van der Waals surface area contributed by atoms with Gasteiger partial charge in [-0.05, 0) is 20.0 Å². The van der Waals surface area contributed by atoms with Gasteiger partial charge in [0.05, 0.1) is 66.1 Å². The Labute approximate surface area is 147 Å². The summed E-state index contributed by atoms with van der Waals surface area (Å²) >= 11 is 0. The van der Waals surface area contributed by atoms with E-state index in [4.69, 9.17) is 23.7 Å². The van der Waals surface area contributed by atoms with E-state index in [-0.39, 0.29) is 0 Å². The fourth-order valence-electron chi connectivity index (χ4n) is 1.73. The number of likely N-dealkylation sites (N-methyl/N-ethyl adjacent to an activating group) is 1. The van der Waals surface area contributed by atoms with Crippen LogP contribution in [0.5, 0.6) is 0 Å². The van der Waals surface area contributed by atoms with Gasteiger partial charge in [-0.15, -0.1) is 0 Å². The van der Waals surface area contributed by atoms with Gasteiger partial charge in [0, 0.05) is 13.1 Å². The third-order valence-corrected chi connectivity index (χ3v) is 3.11. The van der Waals surface area contributed by atoms with Gasteiger partial charge in [0.2, 0.25) is 0 Å². The van der Waals surface area contributed by atoms with Crippen LogP contribution in [-0.4, -0.2) is 92.8 Å². The lowest BCUT2D eigenvalue weighted by atomic mass is 10.3. The van der Waals surface area contributed by atoms with E-state index in [0.717, 1.165) is 26.2 Å². The highest BCUT2D eigenvalue weighted by Crippen LogP contribution is 1.84. The van der Waals surface area contributed by atoms with Gasteiger partial charge in [0.1, 0.15) is 0 Å². The van der Waals surface area contributed by atoms with Crippen LogP contribution in [0.25, 0.3) is 0 Å². The van der Waals surface area contributed by atoms with Crippen LogP contribution in [0.3, 0.4) is 0 Å².